The maximum Gasteiger partial charge on any atom is 0.188 e. The maximum absolute atomic E-state index is 5.92. The van der Waals surface area contributed by atoms with Crippen molar-refractivity contribution >= 4 is 5.96 Å². The first-order chi connectivity index (χ1) is 10.4. The fraction of sp³-hybridized carbons (Fsp3) is 0.611. The lowest BCUT2D eigenvalue weighted by Gasteiger charge is -2.23. The van der Waals surface area contributed by atoms with E-state index in [2.05, 4.69) is 54.5 Å². The molecule has 0 bridgehead atoms. The average Bonchev–Trinajstić information content (AvgIpc) is 2.46. The van der Waals surface area contributed by atoms with Crippen LogP contribution in [0.25, 0.3) is 0 Å². The van der Waals surface area contributed by atoms with Crippen LogP contribution >= 0.6 is 0 Å². The Kier molecular flexibility index (Phi) is 7.96. The predicted octanol–water partition coefficient (Wildman–Crippen LogP) is 2.97. The molecule has 0 aliphatic heterocycles. The number of aliphatic imine (C=N–C) groups is 1. The van der Waals surface area contributed by atoms with Crippen molar-refractivity contribution in [1.29, 1.82) is 0 Å². The number of hydrogen-bond acceptors (Lipinski definition) is 2. The van der Waals surface area contributed by atoms with Crippen molar-refractivity contribution in [3.8, 4) is 0 Å². The highest BCUT2D eigenvalue weighted by Crippen LogP contribution is 2.23. The first-order valence-electron chi connectivity index (χ1n) is 8.02. The zero-order valence-electron chi connectivity index (χ0n) is 14.4. The molecule has 0 saturated carbocycles. The molecule has 0 heterocycles. The number of rotatable bonds is 9. The van der Waals surface area contributed by atoms with Gasteiger partial charge in [0.05, 0.1) is 6.61 Å². The Balaban J connectivity index is 2.33. The van der Waals surface area contributed by atoms with E-state index in [1.807, 2.05) is 6.92 Å². The molecular weight excluding hydrogens is 274 g/mol. The SMILES string of the molecule is COCC(C)NC(N)=NCC(C)(C)CCCc1ccccc1. The van der Waals surface area contributed by atoms with E-state index in [-0.39, 0.29) is 11.5 Å². The van der Waals surface area contributed by atoms with Gasteiger partial charge in [-0.2, -0.15) is 0 Å². The number of benzene rings is 1. The van der Waals surface area contributed by atoms with Gasteiger partial charge in [-0.15, -0.1) is 0 Å². The summed E-state index contributed by atoms with van der Waals surface area (Å²) in [5.41, 5.74) is 7.47. The Morgan fingerprint density at radius 1 is 1.32 bits per heavy atom. The van der Waals surface area contributed by atoms with Crippen molar-refractivity contribution in [2.75, 3.05) is 20.3 Å². The highest BCUT2D eigenvalue weighted by Gasteiger charge is 2.17. The minimum Gasteiger partial charge on any atom is -0.383 e. The van der Waals surface area contributed by atoms with E-state index in [4.69, 9.17) is 10.5 Å². The molecule has 1 atom stereocenters. The van der Waals surface area contributed by atoms with Crippen LogP contribution in [0.5, 0.6) is 0 Å². The summed E-state index contributed by atoms with van der Waals surface area (Å²) in [5, 5.41) is 3.14. The standard InChI is InChI=1S/C18H31N3O/c1-15(13-22-4)21-17(19)20-14-18(2,3)12-8-11-16-9-6-5-7-10-16/h5-7,9-10,15H,8,11-14H2,1-4H3,(H3,19,20,21). The second-order valence-corrected chi connectivity index (χ2v) is 6.71. The van der Waals surface area contributed by atoms with E-state index in [0.29, 0.717) is 12.6 Å². The molecule has 3 N–H and O–H groups in total. The third kappa shape index (κ3) is 8.03. The van der Waals surface area contributed by atoms with Gasteiger partial charge in [0, 0.05) is 19.7 Å². The van der Waals surface area contributed by atoms with Gasteiger partial charge >= 0.3 is 0 Å². The molecule has 0 fully saturated rings. The van der Waals surface area contributed by atoms with Gasteiger partial charge in [-0.05, 0) is 37.2 Å². The van der Waals surface area contributed by atoms with Crippen LogP contribution in [0.1, 0.15) is 39.2 Å². The topological polar surface area (TPSA) is 59.6 Å². The highest BCUT2D eigenvalue weighted by atomic mass is 16.5. The molecule has 4 heteroatoms. The predicted molar refractivity (Wildman–Crippen MR) is 94.1 cm³/mol. The van der Waals surface area contributed by atoms with Crippen LogP contribution in [0.15, 0.2) is 35.3 Å². The summed E-state index contributed by atoms with van der Waals surface area (Å²) in [5.74, 6) is 0.501. The largest absolute Gasteiger partial charge is 0.383 e. The number of nitrogens with zero attached hydrogens (tertiary/aromatic N) is 1. The number of hydrogen-bond donors (Lipinski definition) is 2. The lowest BCUT2D eigenvalue weighted by atomic mass is 9.86. The molecule has 1 aromatic rings. The Labute approximate surface area is 135 Å². The highest BCUT2D eigenvalue weighted by molar-refractivity contribution is 5.78. The van der Waals surface area contributed by atoms with E-state index < -0.39 is 0 Å². The molecule has 0 spiro atoms. The average molecular weight is 305 g/mol. The van der Waals surface area contributed by atoms with Gasteiger partial charge < -0.3 is 15.8 Å². The van der Waals surface area contributed by atoms with E-state index in [0.717, 1.165) is 19.4 Å². The number of ether oxygens (including phenoxy) is 1. The second-order valence-electron chi connectivity index (χ2n) is 6.71. The van der Waals surface area contributed by atoms with E-state index in [9.17, 15) is 0 Å². The van der Waals surface area contributed by atoms with Crippen molar-refractivity contribution < 1.29 is 4.74 Å². The Morgan fingerprint density at radius 3 is 2.64 bits per heavy atom. The number of nitrogens with two attached hydrogens (primary N) is 1. The summed E-state index contributed by atoms with van der Waals surface area (Å²) >= 11 is 0. The van der Waals surface area contributed by atoms with Gasteiger partial charge in [-0.25, -0.2) is 0 Å². The molecule has 0 aromatic heterocycles. The lowest BCUT2D eigenvalue weighted by Crippen LogP contribution is -2.41. The van der Waals surface area contributed by atoms with E-state index in [1.165, 1.54) is 12.0 Å². The van der Waals surface area contributed by atoms with Crippen LogP contribution < -0.4 is 11.1 Å². The minimum absolute atomic E-state index is 0.158. The summed E-state index contributed by atoms with van der Waals surface area (Å²) in [6.45, 7) is 7.87. The van der Waals surface area contributed by atoms with Gasteiger partial charge in [0.25, 0.3) is 0 Å². The van der Waals surface area contributed by atoms with Gasteiger partial charge in [0.15, 0.2) is 5.96 Å². The first-order valence-corrected chi connectivity index (χ1v) is 8.02. The zero-order valence-corrected chi connectivity index (χ0v) is 14.4. The maximum atomic E-state index is 5.92. The van der Waals surface area contributed by atoms with Crippen LogP contribution in [0, 0.1) is 5.41 Å². The summed E-state index contributed by atoms with van der Waals surface area (Å²) in [6.07, 6.45) is 3.42. The molecule has 1 aromatic carbocycles. The fourth-order valence-electron chi connectivity index (χ4n) is 2.38. The minimum atomic E-state index is 0.158. The molecule has 0 aliphatic carbocycles. The molecule has 0 radical (unpaired) electrons. The van der Waals surface area contributed by atoms with Crippen molar-refractivity contribution in [2.45, 2.75) is 46.1 Å². The van der Waals surface area contributed by atoms with E-state index >= 15 is 0 Å². The summed E-state index contributed by atoms with van der Waals surface area (Å²) in [6, 6.07) is 10.8. The van der Waals surface area contributed by atoms with Crippen LogP contribution in [0.3, 0.4) is 0 Å². The molecular formula is C18H31N3O. The van der Waals surface area contributed by atoms with Crippen LogP contribution in [0.4, 0.5) is 0 Å². The number of methoxy groups -OCH3 is 1. The fourth-order valence-corrected chi connectivity index (χ4v) is 2.38. The van der Waals surface area contributed by atoms with Crippen LogP contribution in [-0.2, 0) is 11.2 Å². The monoisotopic (exact) mass is 305 g/mol. The molecule has 0 amide bonds. The van der Waals surface area contributed by atoms with Gasteiger partial charge in [0.1, 0.15) is 0 Å². The Hall–Kier alpha value is -1.55. The Morgan fingerprint density at radius 2 is 2.00 bits per heavy atom. The number of aryl methyl sites for hydroxylation is 1. The third-order valence-corrected chi connectivity index (χ3v) is 3.65. The molecule has 1 unspecified atom stereocenters. The molecule has 22 heavy (non-hydrogen) atoms. The summed E-state index contributed by atoms with van der Waals surface area (Å²) < 4.78 is 5.07. The van der Waals surface area contributed by atoms with Crippen molar-refractivity contribution in [3.05, 3.63) is 35.9 Å². The molecule has 1 rings (SSSR count). The van der Waals surface area contributed by atoms with Crippen LogP contribution in [0.2, 0.25) is 0 Å². The quantitative estimate of drug-likeness (QED) is 0.545. The molecule has 124 valence electrons. The zero-order chi connectivity index (χ0) is 16.4. The number of guanidine groups is 1. The van der Waals surface area contributed by atoms with Crippen molar-refractivity contribution in [2.24, 2.45) is 16.1 Å². The van der Waals surface area contributed by atoms with E-state index in [1.54, 1.807) is 7.11 Å². The van der Waals surface area contributed by atoms with Crippen molar-refractivity contribution in [1.82, 2.24) is 5.32 Å². The first kappa shape index (κ1) is 18.5. The number of nitrogens with one attached hydrogen (secondary N) is 1. The molecule has 4 nitrogen and oxygen atoms in total. The normalized spacial score (nSPS) is 13.9. The Bertz CT molecular complexity index is 443. The second kappa shape index (κ2) is 9.46. The lowest BCUT2D eigenvalue weighted by molar-refractivity contribution is 0.179. The van der Waals surface area contributed by atoms with Crippen molar-refractivity contribution in [3.63, 3.8) is 0 Å². The van der Waals surface area contributed by atoms with Gasteiger partial charge in [-0.1, -0.05) is 44.2 Å². The molecule has 0 saturated heterocycles. The smallest absolute Gasteiger partial charge is 0.188 e. The van der Waals surface area contributed by atoms with Gasteiger partial charge in [-0.3, -0.25) is 4.99 Å². The summed E-state index contributed by atoms with van der Waals surface area (Å²) in [7, 11) is 1.68. The third-order valence-electron chi connectivity index (χ3n) is 3.65. The summed E-state index contributed by atoms with van der Waals surface area (Å²) in [4.78, 5) is 4.47. The van der Waals surface area contributed by atoms with Gasteiger partial charge in [0.2, 0.25) is 0 Å². The molecule has 0 aliphatic rings. The van der Waals surface area contributed by atoms with Crippen LogP contribution in [-0.4, -0.2) is 32.3 Å².